The van der Waals surface area contributed by atoms with Gasteiger partial charge in [-0.3, -0.25) is 0 Å². The number of rotatable bonds is 2. The van der Waals surface area contributed by atoms with Crippen molar-refractivity contribution in [2.24, 2.45) is 0 Å². The third-order valence-corrected chi connectivity index (χ3v) is 3.65. The lowest BCUT2D eigenvalue weighted by Gasteiger charge is -2.36. The molecule has 3 nitrogen and oxygen atoms in total. The van der Waals surface area contributed by atoms with E-state index in [9.17, 15) is 13.2 Å². The van der Waals surface area contributed by atoms with Crippen LogP contribution in [0.3, 0.4) is 0 Å². The molecule has 0 atom stereocenters. The second kappa shape index (κ2) is 6.93. The molecule has 0 aromatic heterocycles. The maximum atomic E-state index is 10.6. The van der Waals surface area contributed by atoms with E-state index >= 15 is 0 Å². The van der Waals surface area contributed by atoms with Crippen LogP contribution < -0.4 is 5.32 Å². The van der Waals surface area contributed by atoms with Crippen LogP contribution in [0.15, 0.2) is 18.2 Å². The average Bonchev–Trinajstić information content (AvgIpc) is 2.30. The van der Waals surface area contributed by atoms with Crippen molar-refractivity contribution in [1.29, 1.82) is 0 Å². The molecule has 0 saturated heterocycles. The van der Waals surface area contributed by atoms with Crippen molar-refractivity contribution in [1.82, 2.24) is 5.32 Å². The van der Waals surface area contributed by atoms with E-state index < -0.39 is 12.1 Å². The van der Waals surface area contributed by atoms with E-state index in [1.165, 1.54) is 24.0 Å². The summed E-state index contributed by atoms with van der Waals surface area (Å²) in [5.74, 6) is -1.96. The Morgan fingerprint density at radius 1 is 1.29 bits per heavy atom. The van der Waals surface area contributed by atoms with Crippen molar-refractivity contribution in [3.8, 4) is 0 Å². The highest BCUT2D eigenvalue weighted by molar-refractivity contribution is 5.73. The predicted molar refractivity (Wildman–Crippen MR) is 74.4 cm³/mol. The second-order valence-corrected chi connectivity index (χ2v) is 5.32. The zero-order valence-corrected chi connectivity index (χ0v) is 12.3. The third-order valence-electron chi connectivity index (χ3n) is 3.65. The number of hydrogen-bond donors (Lipinski definition) is 2. The Hall–Kier alpha value is -1.56. The summed E-state index contributed by atoms with van der Waals surface area (Å²) < 4.78 is 31.7. The minimum atomic E-state index is -5.08. The standard InChI is InChI=1S/C13H19N.C2HF3O2/c1-9-4-5-13(10(2)6-9)11-7-12(8-11)14-3;3-2(4,5)1(6)7/h4-6,11-12,14H,7-8H2,1-3H3;(H,6,7). The first-order valence-electron chi connectivity index (χ1n) is 6.69. The van der Waals surface area contributed by atoms with Crippen molar-refractivity contribution in [3.05, 3.63) is 34.9 Å². The van der Waals surface area contributed by atoms with Crippen LogP contribution in [0.2, 0.25) is 0 Å². The van der Waals surface area contributed by atoms with Crippen LogP contribution in [0, 0.1) is 13.8 Å². The van der Waals surface area contributed by atoms with Crippen molar-refractivity contribution in [3.63, 3.8) is 0 Å². The average molecular weight is 303 g/mol. The molecule has 2 rings (SSSR count). The lowest BCUT2D eigenvalue weighted by Crippen LogP contribution is -2.37. The first-order chi connectivity index (χ1) is 9.65. The number of benzene rings is 1. The Bertz CT molecular complexity index is 494. The molecule has 0 aliphatic heterocycles. The van der Waals surface area contributed by atoms with Crippen LogP contribution in [-0.4, -0.2) is 30.3 Å². The number of alkyl halides is 3. The number of carboxylic acid groups (broad SMARTS) is 1. The molecule has 0 unspecified atom stereocenters. The van der Waals surface area contributed by atoms with Crippen LogP contribution >= 0.6 is 0 Å². The van der Waals surface area contributed by atoms with Crippen LogP contribution in [0.4, 0.5) is 13.2 Å². The van der Waals surface area contributed by atoms with Gasteiger partial charge in [-0.05, 0) is 50.8 Å². The van der Waals surface area contributed by atoms with Crippen LogP contribution in [-0.2, 0) is 4.79 Å². The molecule has 0 amide bonds. The first kappa shape index (κ1) is 17.5. The molecule has 1 aromatic rings. The molecule has 1 aliphatic carbocycles. The highest BCUT2D eigenvalue weighted by atomic mass is 19.4. The van der Waals surface area contributed by atoms with Gasteiger partial charge in [-0.1, -0.05) is 23.8 Å². The summed E-state index contributed by atoms with van der Waals surface area (Å²) in [6.45, 7) is 4.39. The van der Waals surface area contributed by atoms with Crippen molar-refractivity contribution in [2.75, 3.05) is 7.05 Å². The molecule has 118 valence electrons. The highest BCUT2D eigenvalue weighted by Crippen LogP contribution is 2.38. The molecule has 0 heterocycles. The zero-order valence-electron chi connectivity index (χ0n) is 12.3. The molecule has 1 fully saturated rings. The van der Waals surface area contributed by atoms with E-state index in [4.69, 9.17) is 9.90 Å². The first-order valence-corrected chi connectivity index (χ1v) is 6.69. The highest BCUT2D eigenvalue weighted by Gasteiger charge is 2.38. The minimum absolute atomic E-state index is 0.751. The molecule has 0 bridgehead atoms. The molecule has 2 N–H and O–H groups in total. The number of carbonyl (C=O) groups is 1. The lowest BCUT2D eigenvalue weighted by molar-refractivity contribution is -0.192. The number of aryl methyl sites for hydroxylation is 2. The Kier molecular flexibility index (Phi) is 5.78. The number of hydrogen-bond acceptors (Lipinski definition) is 2. The number of carboxylic acids is 1. The fourth-order valence-corrected chi connectivity index (χ4v) is 2.39. The summed E-state index contributed by atoms with van der Waals surface area (Å²) in [6.07, 6.45) is -2.47. The molecule has 1 aliphatic rings. The maximum absolute atomic E-state index is 10.6. The zero-order chi connectivity index (χ0) is 16.2. The molecular formula is C15H20F3NO2. The van der Waals surface area contributed by atoms with Crippen LogP contribution in [0.5, 0.6) is 0 Å². The molecule has 0 radical (unpaired) electrons. The second-order valence-electron chi connectivity index (χ2n) is 5.32. The molecular weight excluding hydrogens is 283 g/mol. The van der Waals surface area contributed by atoms with Gasteiger partial charge in [0, 0.05) is 6.04 Å². The van der Waals surface area contributed by atoms with Gasteiger partial charge < -0.3 is 10.4 Å². The van der Waals surface area contributed by atoms with E-state index in [0.717, 1.165) is 12.0 Å². The number of halogens is 3. The summed E-state index contributed by atoms with van der Waals surface area (Å²) in [7, 11) is 2.06. The van der Waals surface area contributed by atoms with Gasteiger partial charge in [-0.15, -0.1) is 0 Å². The van der Waals surface area contributed by atoms with E-state index in [1.807, 2.05) is 0 Å². The summed E-state index contributed by atoms with van der Waals surface area (Å²) in [5, 5.41) is 10.5. The Morgan fingerprint density at radius 2 is 1.81 bits per heavy atom. The van der Waals surface area contributed by atoms with Gasteiger partial charge in [0.25, 0.3) is 0 Å². The van der Waals surface area contributed by atoms with Gasteiger partial charge in [0.1, 0.15) is 0 Å². The Morgan fingerprint density at radius 3 is 2.19 bits per heavy atom. The quantitative estimate of drug-likeness (QED) is 0.880. The monoisotopic (exact) mass is 303 g/mol. The van der Waals surface area contributed by atoms with Gasteiger partial charge in [-0.25, -0.2) is 4.79 Å². The SMILES string of the molecule is CNC1CC(c2ccc(C)cc2C)C1.O=C(O)C(F)(F)F. The van der Waals surface area contributed by atoms with Crippen molar-refractivity contribution >= 4 is 5.97 Å². The smallest absolute Gasteiger partial charge is 0.475 e. The van der Waals surface area contributed by atoms with Crippen LogP contribution in [0.25, 0.3) is 0 Å². The van der Waals surface area contributed by atoms with E-state index in [0.29, 0.717) is 0 Å². The van der Waals surface area contributed by atoms with Crippen molar-refractivity contribution < 1.29 is 23.1 Å². The van der Waals surface area contributed by atoms with Gasteiger partial charge in [0.15, 0.2) is 0 Å². The fourth-order valence-electron chi connectivity index (χ4n) is 2.39. The van der Waals surface area contributed by atoms with E-state index in [2.05, 4.69) is 44.4 Å². The Labute approximate surface area is 122 Å². The predicted octanol–water partition coefficient (Wildman–Crippen LogP) is 3.40. The van der Waals surface area contributed by atoms with E-state index in [-0.39, 0.29) is 0 Å². The lowest BCUT2D eigenvalue weighted by atomic mass is 9.74. The molecule has 21 heavy (non-hydrogen) atoms. The summed E-state index contributed by atoms with van der Waals surface area (Å²) >= 11 is 0. The molecule has 1 aromatic carbocycles. The normalized spacial score (nSPS) is 21.0. The molecule has 6 heteroatoms. The summed E-state index contributed by atoms with van der Waals surface area (Å²) in [4.78, 5) is 8.90. The topological polar surface area (TPSA) is 49.3 Å². The third kappa shape index (κ3) is 5.04. The van der Waals surface area contributed by atoms with Crippen molar-refractivity contribution in [2.45, 2.75) is 44.8 Å². The Balaban J connectivity index is 0.000000270. The van der Waals surface area contributed by atoms with Gasteiger partial charge in [0.05, 0.1) is 0 Å². The minimum Gasteiger partial charge on any atom is -0.475 e. The summed E-state index contributed by atoms with van der Waals surface area (Å²) in [5.41, 5.74) is 4.39. The maximum Gasteiger partial charge on any atom is 0.490 e. The number of aliphatic carboxylic acids is 1. The molecule has 0 spiro atoms. The molecule has 1 saturated carbocycles. The van der Waals surface area contributed by atoms with Gasteiger partial charge >= 0.3 is 12.1 Å². The van der Waals surface area contributed by atoms with Gasteiger partial charge in [0.2, 0.25) is 0 Å². The van der Waals surface area contributed by atoms with E-state index in [1.54, 1.807) is 5.56 Å². The largest absolute Gasteiger partial charge is 0.490 e. The fraction of sp³-hybridized carbons (Fsp3) is 0.533. The van der Waals surface area contributed by atoms with Crippen LogP contribution in [0.1, 0.15) is 35.4 Å². The number of nitrogens with one attached hydrogen (secondary N) is 1. The summed E-state index contributed by atoms with van der Waals surface area (Å²) in [6, 6.07) is 7.58. The van der Waals surface area contributed by atoms with Gasteiger partial charge in [-0.2, -0.15) is 13.2 Å².